The zero-order valence-corrected chi connectivity index (χ0v) is 9.84. The molecule has 0 bridgehead atoms. The van der Waals surface area contributed by atoms with Crippen molar-refractivity contribution in [3.63, 3.8) is 0 Å². The molecule has 0 fully saturated rings. The molecule has 19 heavy (non-hydrogen) atoms. The molecule has 0 aliphatic carbocycles. The molecule has 0 spiro atoms. The van der Waals surface area contributed by atoms with Crippen molar-refractivity contribution in [2.75, 3.05) is 5.32 Å². The number of nitrogens with one attached hydrogen (secondary N) is 1. The number of benzene rings is 2. The molecule has 0 amide bonds. The van der Waals surface area contributed by atoms with Crippen molar-refractivity contribution in [1.29, 1.82) is 0 Å². The van der Waals surface area contributed by atoms with Gasteiger partial charge in [-0.15, -0.1) is 0 Å². The predicted molar refractivity (Wildman–Crippen MR) is 65.2 cm³/mol. The molecule has 0 radical (unpaired) electrons. The SMILES string of the molecule is Fc1ccc(C(F)(F)F)cc1NCc1ccccc1. The zero-order valence-electron chi connectivity index (χ0n) is 9.84. The molecule has 0 aliphatic heterocycles. The van der Waals surface area contributed by atoms with Crippen LogP contribution in [0.25, 0.3) is 0 Å². The fraction of sp³-hybridized carbons (Fsp3) is 0.143. The third-order valence-corrected chi connectivity index (χ3v) is 2.62. The van der Waals surface area contributed by atoms with E-state index in [4.69, 9.17) is 0 Å². The van der Waals surface area contributed by atoms with Gasteiger partial charge in [-0.3, -0.25) is 0 Å². The van der Waals surface area contributed by atoms with Crippen molar-refractivity contribution < 1.29 is 17.6 Å². The summed E-state index contributed by atoms with van der Waals surface area (Å²) in [6, 6.07) is 11.4. The van der Waals surface area contributed by atoms with E-state index in [-0.39, 0.29) is 12.2 Å². The standard InChI is InChI=1S/C14H11F4N/c15-12-7-6-11(14(16,17)18)8-13(12)19-9-10-4-2-1-3-5-10/h1-8,19H,9H2. The van der Waals surface area contributed by atoms with Crippen molar-refractivity contribution in [3.8, 4) is 0 Å². The quantitative estimate of drug-likeness (QED) is 0.811. The van der Waals surface area contributed by atoms with Gasteiger partial charge in [0.15, 0.2) is 0 Å². The number of alkyl halides is 3. The van der Waals surface area contributed by atoms with Gasteiger partial charge in [-0.2, -0.15) is 13.2 Å². The van der Waals surface area contributed by atoms with Crippen LogP contribution in [0.5, 0.6) is 0 Å². The highest BCUT2D eigenvalue weighted by Gasteiger charge is 2.31. The van der Waals surface area contributed by atoms with Crippen LogP contribution in [-0.2, 0) is 12.7 Å². The predicted octanol–water partition coefficient (Wildman–Crippen LogP) is 4.46. The van der Waals surface area contributed by atoms with Crippen molar-refractivity contribution in [2.24, 2.45) is 0 Å². The average Bonchev–Trinajstić information content (AvgIpc) is 2.37. The first-order valence-corrected chi connectivity index (χ1v) is 5.61. The van der Waals surface area contributed by atoms with Crippen LogP contribution in [0.4, 0.5) is 23.2 Å². The second-order valence-corrected chi connectivity index (χ2v) is 4.03. The van der Waals surface area contributed by atoms with E-state index >= 15 is 0 Å². The summed E-state index contributed by atoms with van der Waals surface area (Å²) in [5, 5.41) is 2.67. The lowest BCUT2D eigenvalue weighted by Crippen LogP contribution is -2.08. The second kappa shape index (κ2) is 5.30. The first-order valence-electron chi connectivity index (χ1n) is 5.61. The number of halogens is 4. The smallest absolute Gasteiger partial charge is 0.379 e. The lowest BCUT2D eigenvalue weighted by atomic mass is 10.1. The summed E-state index contributed by atoms with van der Waals surface area (Å²) in [6.45, 7) is 0.263. The topological polar surface area (TPSA) is 12.0 Å². The minimum atomic E-state index is -4.48. The fourth-order valence-corrected chi connectivity index (χ4v) is 1.63. The summed E-state index contributed by atoms with van der Waals surface area (Å²) < 4.78 is 51.0. The van der Waals surface area contributed by atoms with Gasteiger partial charge in [0.25, 0.3) is 0 Å². The van der Waals surface area contributed by atoms with Crippen LogP contribution in [0, 0.1) is 5.82 Å². The van der Waals surface area contributed by atoms with Gasteiger partial charge in [0.05, 0.1) is 11.3 Å². The molecular formula is C14H11F4N. The van der Waals surface area contributed by atoms with Crippen molar-refractivity contribution in [3.05, 3.63) is 65.5 Å². The highest BCUT2D eigenvalue weighted by Crippen LogP contribution is 2.31. The van der Waals surface area contributed by atoms with Crippen molar-refractivity contribution >= 4 is 5.69 Å². The van der Waals surface area contributed by atoms with Gasteiger partial charge in [-0.1, -0.05) is 30.3 Å². The number of hydrogen-bond acceptors (Lipinski definition) is 1. The Morgan fingerprint density at radius 3 is 2.26 bits per heavy atom. The Hall–Kier alpha value is -2.04. The number of hydrogen-bond donors (Lipinski definition) is 1. The maximum absolute atomic E-state index is 13.4. The highest BCUT2D eigenvalue weighted by molar-refractivity contribution is 5.48. The average molecular weight is 269 g/mol. The summed E-state index contributed by atoms with van der Waals surface area (Å²) in [5.41, 5.74) is -0.164. The van der Waals surface area contributed by atoms with Crippen LogP contribution in [0.15, 0.2) is 48.5 Å². The molecule has 0 unspecified atom stereocenters. The van der Waals surface area contributed by atoms with Gasteiger partial charge >= 0.3 is 6.18 Å². The Morgan fingerprint density at radius 1 is 0.947 bits per heavy atom. The molecule has 100 valence electrons. The lowest BCUT2D eigenvalue weighted by molar-refractivity contribution is -0.137. The van der Waals surface area contributed by atoms with Crippen LogP contribution in [0.3, 0.4) is 0 Å². The Bertz CT molecular complexity index is 549. The molecule has 2 aromatic rings. The maximum Gasteiger partial charge on any atom is 0.416 e. The first kappa shape index (κ1) is 13.4. The molecule has 2 rings (SSSR count). The van der Waals surface area contributed by atoms with Gasteiger partial charge < -0.3 is 5.32 Å². The molecule has 0 saturated heterocycles. The Labute approximate surface area is 107 Å². The van der Waals surface area contributed by atoms with Crippen LogP contribution < -0.4 is 5.32 Å². The van der Waals surface area contributed by atoms with E-state index in [0.717, 1.165) is 23.8 Å². The van der Waals surface area contributed by atoms with E-state index < -0.39 is 17.6 Å². The summed E-state index contributed by atoms with van der Waals surface area (Å²) in [6.07, 6.45) is -4.48. The monoisotopic (exact) mass is 269 g/mol. The molecule has 5 heteroatoms. The van der Waals surface area contributed by atoms with Gasteiger partial charge in [0.1, 0.15) is 5.82 Å². The van der Waals surface area contributed by atoms with Crippen LogP contribution in [-0.4, -0.2) is 0 Å². The van der Waals surface area contributed by atoms with E-state index in [1.54, 1.807) is 24.3 Å². The summed E-state index contributed by atoms with van der Waals surface area (Å²) in [7, 11) is 0. The van der Waals surface area contributed by atoms with E-state index in [1.807, 2.05) is 6.07 Å². The Balaban J connectivity index is 2.16. The van der Waals surface area contributed by atoms with Crippen LogP contribution in [0.2, 0.25) is 0 Å². The Kier molecular flexibility index (Phi) is 3.74. The maximum atomic E-state index is 13.4. The van der Waals surface area contributed by atoms with Crippen LogP contribution in [0.1, 0.15) is 11.1 Å². The van der Waals surface area contributed by atoms with E-state index in [9.17, 15) is 17.6 Å². The molecule has 0 saturated carbocycles. The largest absolute Gasteiger partial charge is 0.416 e. The summed E-state index contributed by atoms with van der Waals surface area (Å²) >= 11 is 0. The number of rotatable bonds is 3. The lowest BCUT2D eigenvalue weighted by Gasteiger charge is -2.11. The molecule has 2 aromatic carbocycles. The number of anilines is 1. The molecule has 1 nitrogen and oxygen atoms in total. The normalized spacial score (nSPS) is 11.4. The molecule has 1 N–H and O–H groups in total. The van der Waals surface area contributed by atoms with Crippen molar-refractivity contribution in [1.82, 2.24) is 0 Å². The molecule has 0 aliphatic rings. The van der Waals surface area contributed by atoms with Gasteiger partial charge in [0, 0.05) is 6.54 Å². The van der Waals surface area contributed by atoms with E-state index in [0.29, 0.717) is 0 Å². The second-order valence-electron chi connectivity index (χ2n) is 4.03. The highest BCUT2D eigenvalue weighted by atomic mass is 19.4. The molecule has 0 atom stereocenters. The molecule has 0 heterocycles. The van der Waals surface area contributed by atoms with E-state index in [2.05, 4.69) is 5.32 Å². The minimum Gasteiger partial charge on any atom is -0.379 e. The molecular weight excluding hydrogens is 258 g/mol. The fourth-order valence-electron chi connectivity index (χ4n) is 1.63. The zero-order chi connectivity index (χ0) is 13.9. The van der Waals surface area contributed by atoms with E-state index in [1.165, 1.54) is 0 Å². The van der Waals surface area contributed by atoms with Gasteiger partial charge in [-0.05, 0) is 23.8 Å². The summed E-state index contributed by atoms with van der Waals surface area (Å²) in [4.78, 5) is 0. The third-order valence-electron chi connectivity index (χ3n) is 2.62. The van der Waals surface area contributed by atoms with Gasteiger partial charge in [-0.25, -0.2) is 4.39 Å². The molecule has 0 aromatic heterocycles. The van der Waals surface area contributed by atoms with Crippen LogP contribution >= 0.6 is 0 Å². The Morgan fingerprint density at radius 2 is 1.63 bits per heavy atom. The minimum absolute atomic E-state index is 0.154. The van der Waals surface area contributed by atoms with Gasteiger partial charge in [0.2, 0.25) is 0 Å². The summed E-state index contributed by atoms with van der Waals surface area (Å²) in [5.74, 6) is -0.705. The third kappa shape index (κ3) is 3.47. The van der Waals surface area contributed by atoms with Crippen molar-refractivity contribution in [2.45, 2.75) is 12.7 Å². The first-order chi connectivity index (χ1) is 8.97.